The van der Waals surface area contributed by atoms with E-state index in [1.54, 1.807) is 11.9 Å². The second-order valence-corrected chi connectivity index (χ2v) is 5.04. The van der Waals surface area contributed by atoms with Crippen LogP contribution in [0.25, 0.3) is 0 Å². The maximum absolute atomic E-state index is 13.3. The van der Waals surface area contributed by atoms with Gasteiger partial charge in [0.2, 0.25) is 0 Å². The number of carbonyl (C=O) groups excluding carboxylic acids is 1. The van der Waals surface area contributed by atoms with E-state index >= 15 is 0 Å². The van der Waals surface area contributed by atoms with Gasteiger partial charge in [-0.25, -0.2) is 4.39 Å². The molecule has 108 valence electrons. The number of benzene rings is 1. The van der Waals surface area contributed by atoms with Crippen molar-refractivity contribution in [2.75, 3.05) is 20.2 Å². The molecule has 1 aromatic carbocycles. The lowest BCUT2D eigenvalue weighted by atomic mass is 10.1. The van der Waals surface area contributed by atoms with Crippen LogP contribution in [0.1, 0.15) is 36.2 Å². The summed E-state index contributed by atoms with van der Waals surface area (Å²) in [6, 6.07) is 3.96. The van der Waals surface area contributed by atoms with Crippen molar-refractivity contribution < 1.29 is 14.3 Å². The molecule has 1 N–H and O–H groups in total. The minimum Gasteiger partial charge on any atom is -0.395 e. The quantitative estimate of drug-likeness (QED) is 0.858. The first-order valence-electron chi connectivity index (χ1n) is 6.60. The third kappa shape index (κ3) is 4.67. The summed E-state index contributed by atoms with van der Waals surface area (Å²) in [7, 11) is 1.72. The maximum Gasteiger partial charge on any atom is 0.254 e. The molecule has 0 aromatic heterocycles. The van der Waals surface area contributed by atoms with Gasteiger partial charge in [0.25, 0.3) is 5.91 Å². The summed E-state index contributed by atoms with van der Waals surface area (Å²) in [5.41, 5.74) is 0.749. The number of hydrogen-bond donors (Lipinski definition) is 1. The molecular weight excluding hydrogens is 257 g/mol. The van der Waals surface area contributed by atoms with Crippen molar-refractivity contribution in [3.8, 4) is 11.8 Å². The minimum absolute atomic E-state index is 0.0567. The Balaban J connectivity index is 3.05. The molecule has 0 spiro atoms. The van der Waals surface area contributed by atoms with Crippen molar-refractivity contribution in [1.82, 2.24) is 4.90 Å². The van der Waals surface area contributed by atoms with Crippen molar-refractivity contribution in [2.45, 2.75) is 20.3 Å². The number of aliphatic hydroxyl groups is 1. The molecule has 0 aliphatic carbocycles. The number of carbonyl (C=O) groups is 1. The lowest BCUT2D eigenvalue weighted by molar-refractivity contribution is 0.0779. The molecule has 0 fully saturated rings. The number of rotatable bonds is 4. The number of aliphatic hydroxyl groups excluding tert-OH is 1. The van der Waals surface area contributed by atoms with Gasteiger partial charge in [0.15, 0.2) is 0 Å². The van der Waals surface area contributed by atoms with Crippen LogP contribution in [0.2, 0.25) is 0 Å². The van der Waals surface area contributed by atoms with Gasteiger partial charge in [0.05, 0.1) is 12.2 Å². The Morgan fingerprint density at radius 3 is 2.75 bits per heavy atom. The minimum atomic E-state index is -0.429. The van der Waals surface area contributed by atoms with E-state index in [0.29, 0.717) is 30.0 Å². The smallest absolute Gasteiger partial charge is 0.254 e. The van der Waals surface area contributed by atoms with Crippen LogP contribution in [0.5, 0.6) is 0 Å². The van der Waals surface area contributed by atoms with Crippen LogP contribution in [0.4, 0.5) is 4.39 Å². The maximum atomic E-state index is 13.3. The molecule has 1 amide bonds. The predicted octanol–water partition coefficient (Wildman–Crippen LogP) is 2.29. The van der Waals surface area contributed by atoms with Crippen LogP contribution < -0.4 is 0 Å². The fraction of sp³-hybridized carbons (Fsp3) is 0.438. The number of nitrogens with zero attached hydrogens (tertiary/aromatic N) is 1. The third-order valence-corrected chi connectivity index (χ3v) is 2.66. The molecule has 0 bridgehead atoms. The zero-order chi connectivity index (χ0) is 15.1. The Kier molecular flexibility index (Phi) is 6.20. The Hall–Kier alpha value is -1.86. The Labute approximate surface area is 119 Å². The van der Waals surface area contributed by atoms with Crippen molar-refractivity contribution in [3.63, 3.8) is 0 Å². The first kappa shape index (κ1) is 16.2. The van der Waals surface area contributed by atoms with E-state index in [1.807, 2.05) is 13.8 Å². The molecular formula is C16H20FNO2. The summed E-state index contributed by atoms with van der Waals surface area (Å²) in [6.45, 7) is 4.62. The SMILES string of the molecule is CC(C)CN(C)C(=O)c1ccc(F)cc1C#CCCO. The summed E-state index contributed by atoms with van der Waals surface area (Å²) in [4.78, 5) is 13.9. The standard InChI is InChI=1S/C16H20FNO2/c1-12(2)11-18(3)16(20)15-8-7-14(17)10-13(15)6-4-5-9-19/h7-8,10,12,19H,5,9,11H2,1-3H3. The third-order valence-electron chi connectivity index (χ3n) is 2.66. The zero-order valence-corrected chi connectivity index (χ0v) is 12.1. The van der Waals surface area contributed by atoms with Gasteiger partial charge in [0.1, 0.15) is 5.82 Å². The largest absolute Gasteiger partial charge is 0.395 e. The molecule has 0 atom stereocenters. The van der Waals surface area contributed by atoms with E-state index in [-0.39, 0.29) is 12.5 Å². The second kappa shape index (κ2) is 7.66. The number of amides is 1. The molecule has 0 heterocycles. The van der Waals surface area contributed by atoms with Gasteiger partial charge < -0.3 is 10.0 Å². The molecule has 1 aromatic rings. The highest BCUT2D eigenvalue weighted by Crippen LogP contribution is 2.13. The highest BCUT2D eigenvalue weighted by Gasteiger charge is 2.16. The summed E-state index contributed by atoms with van der Waals surface area (Å²) < 4.78 is 13.3. The molecule has 0 aliphatic heterocycles. The molecule has 0 saturated carbocycles. The lowest BCUT2D eigenvalue weighted by Gasteiger charge is -2.20. The van der Waals surface area contributed by atoms with Crippen LogP contribution in [-0.2, 0) is 0 Å². The molecule has 0 saturated heterocycles. The highest BCUT2D eigenvalue weighted by atomic mass is 19.1. The highest BCUT2D eigenvalue weighted by molar-refractivity contribution is 5.96. The fourth-order valence-electron chi connectivity index (χ4n) is 1.86. The average molecular weight is 277 g/mol. The van der Waals surface area contributed by atoms with Crippen molar-refractivity contribution in [1.29, 1.82) is 0 Å². The van der Waals surface area contributed by atoms with Crippen LogP contribution in [0.3, 0.4) is 0 Å². The molecule has 20 heavy (non-hydrogen) atoms. The van der Waals surface area contributed by atoms with Crippen molar-refractivity contribution >= 4 is 5.91 Å². The molecule has 0 radical (unpaired) electrons. The first-order chi connectivity index (χ1) is 9.45. The Morgan fingerprint density at radius 2 is 2.15 bits per heavy atom. The van der Waals surface area contributed by atoms with Crippen LogP contribution in [0, 0.1) is 23.6 Å². The Bertz CT molecular complexity index is 529. The second-order valence-electron chi connectivity index (χ2n) is 5.04. The van der Waals surface area contributed by atoms with Crippen LogP contribution >= 0.6 is 0 Å². The van der Waals surface area contributed by atoms with E-state index in [4.69, 9.17) is 5.11 Å². The molecule has 3 nitrogen and oxygen atoms in total. The van der Waals surface area contributed by atoms with Crippen molar-refractivity contribution in [2.24, 2.45) is 5.92 Å². The lowest BCUT2D eigenvalue weighted by Crippen LogP contribution is -2.30. The van der Waals surface area contributed by atoms with Gasteiger partial charge >= 0.3 is 0 Å². The summed E-state index contributed by atoms with van der Waals surface area (Å²) >= 11 is 0. The van der Waals surface area contributed by atoms with E-state index in [0.717, 1.165) is 0 Å². The summed E-state index contributed by atoms with van der Waals surface area (Å²) in [5, 5.41) is 8.71. The van der Waals surface area contributed by atoms with Gasteiger partial charge in [-0.3, -0.25) is 4.79 Å². The van der Waals surface area contributed by atoms with Gasteiger partial charge in [-0.1, -0.05) is 25.7 Å². The van der Waals surface area contributed by atoms with Gasteiger partial charge in [-0.05, 0) is 24.1 Å². The van der Waals surface area contributed by atoms with Crippen LogP contribution in [-0.4, -0.2) is 36.1 Å². The van der Waals surface area contributed by atoms with E-state index in [9.17, 15) is 9.18 Å². The average Bonchev–Trinajstić information content (AvgIpc) is 2.37. The number of halogens is 1. The van der Waals surface area contributed by atoms with Crippen LogP contribution in [0.15, 0.2) is 18.2 Å². The summed E-state index contributed by atoms with van der Waals surface area (Å²) in [5.74, 6) is 5.21. The van der Waals surface area contributed by atoms with E-state index < -0.39 is 5.82 Å². The van der Waals surface area contributed by atoms with Crippen molar-refractivity contribution in [3.05, 3.63) is 35.1 Å². The van der Waals surface area contributed by atoms with E-state index in [1.165, 1.54) is 18.2 Å². The topological polar surface area (TPSA) is 40.5 Å². The number of hydrogen-bond acceptors (Lipinski definition) is 2. The molecule has 4 heteroatoms. The normalized spacial score (nSPS) is 10.1. The molecule has 0 unspecified atom stereocenters. The molecule has 1 rings (SSSR count). The predicted molar refractivity (Wildman–Crippen MR) is 76.8 cm³/mol. The molecule has 0 aliphatic rings. The van der Waals surface area contributed by atoms with Gasteiger partial charge in [-0.2, -0.15) is 0 Å². The van der Waals surface area contributed by atoms with Gasteiger partial charge in [-0.15, -0.1) is 0 Å². The van der Waals surface area contributed by atoms with E-state index in [2.05, 4.69) is 11.8 Å². The monoisotopic (exact) mass is 277 g/mol. The zero-order valence-electron chi connectivity index (χ0n) is 12.1. The van der Waals surface area contributed by atoms with Gasteiger partial charge in [0, 0.05) is 25.6 Å². The summed E-state index contributed by atoms with van der Waals surface area (Å²) in [6.07, 6.45) is 0.298. The fourth-order valence-corrected chi connectivity index (χ4v) is 1.86. The first-order valence-corrected chi connectivity index (χ1v) is 6.60. The Morgan fingerprint density at radius 1 is 1.45 bits per heavy atom.